The average Bonchev–Trinajstić information content (AvgIpc) is 2.46. The van der Waals surface area contributed by atoms with Crippen molar-refractivity contribution in [3.05, 3.63) is 69.8 Å². The van der Waals surface area contributed by atoms with Crippen LogP contribution in [-0.2, 0) is 0 Å². The first kappa shape index (κ1) is 13.5. The molecule has 2 rings (SSSR count). The van der Waals surface area contributed by atoms with Crippen LogP contribution >= 0.6 is 15.9 Å². The zero-order chi connectivity index (χ0) is 13.8. The summed E-state index contributed by atoms with van der Waals surface area (Å²) >= 11 is 3.57. The molecule has 0 aliphatic carbocycles. The van der Waals surface area contributed by atoms with E-state index in [1.165, 1.54) is 12.1 Å². The van der Waals surface area contributed by atoms with Crippen molar-refractivity contribution in [2.45, 2.75) is 4.83 Å². The van der Waals surface area contributed by atoms with E-state index in [1.807, 2.05) is 30.3 Å². The van der Waals surface area contributed by atoms with Gasteiger partial charge in [-0.2, -0.15) is 0 Å². The summed E-state index contributed by atoms with van der Waals surface area (Å²) in [5.41, 5.74) is 1.81. The van der Waals surface area contributed by atoms with E-state index in [0.29, 0.717) is 5.75 Å². The van der Waals surface area contributed by atoms with E-state index in [4.69, 9.17) is 4.74 Å². The Balaban J connectivity index is 2.47. The van der Waals surface area contributed by atoms with E-state index in [9.17, 15) is 10.1 Å². The van der Waals surface area contributed by atoms with E-state index in [0.717, 1.165) is 11.1 Å². The topological polar surface area (TPSA) is 52.4 Å². The van der Waals surface area contributed by atoms with Gasteiger partial charge in [0.05, 0.1) is 16.9 Å². The molecule has 0 heterocycles. The van der Waals surface area contributed by atoms with Gasteiger partial charge in [0.15, 0.2) is 0 Å². The second-order valence-corrected chi connectivity index (χ2v) is 4.87. The lowest BCUT2D eigenvalue weighted by atomic mass is 10.0. The molecule has 1 atom stereocenters. The highest BCUT2D eigenvalue weighted by atomic mass is 79.9. The number of nitrogens with zero attached hydrogens (tertiary/aromatic N) is 1. The molecular weight excluding hydrogens is 310 g/mol. The molecule has 1 unspecified atom stereocenters. The van der Waals surface area contributed by atoms with Crippen LogP contribution in [-0.4, -0.2) is 12.0 Å². The van der Waals surface area contributed by atoms with Crippen molar-refractivity contribution < 1.29 is 9.66 Å². The molecule has 0 radical (unpaired) electrons. The first-order valence-corrected chi connectivity index (χ1v) is 6.56. The lowest BCUT2D eigenvalue weighted by Gasteiger charge is -2.14. The van der Waals surface area contributed by atoms with Gasteiger partial charge in [-0.25, -0.2) is 0 Å². The SMILES string of the molecule is COc1ccc([N+](=O)[O-])cc1C(Br)c1ccccc1. The highest BCUT2D eigenvalue weighted by molar-refractivity contribution is 9.09. The molecule has 0 saturated heterocycles. The monoisotopic (exact) mass is 321 g/mol. The minimum atomic E-state index is -0.409. The Morgan fingerprint density at radius 3 is 2.47 bits per heavy atom. The van der Waals surface area contributed by atoms with Crippen molar-refractivity contribution in [3.8, 4) is 5.75 Å². The Bertz CT molecular complexity index is 586. The van der Waals surface area contributed by atoms with Gasteiger partial charge in [-0.1, -0.05) is 46.3 Å². The molecule has 0 aliphatic rings. The Hall–Kier alpha value is -1.88. The maximum Gasteiger partial charge on any atom is 0.270 e. The zero-order valence-electron chi connectivity index (χ0n) is 10.2. The summed E-state index contributed by atoms with van der Waals surface area (Å²) < 4.78 is 5.27. The number of benzene rings is 2. The molecule has 2 aromatic rings. The largest absolute Gasteiger partial charge is 0.496 e. The molecule has 0 N–H and O–H groups in total. The van der Waals surface area contributed by atoms with Gasteiger partial charge in [0, 0.05) is 17.7 Å². The van der Waals surface area contributed by atoms with Gasteiger partial charge >= 0.3 is 0 Å². The fourth-order valence-electron chi connectivity index (χ4n) is 1.83. The van der Waals surface area contributed by atoms with Crippen LogP contribution in [0.4, 0.5) is 5.69 Å². The first-order valence-electron chi connectivity index (χ1n) is 5.65. The third-order valence-corrected chi connectivity index (χ3v) is 3.81. The summed E-state index contributed by atoms with van der Waals surface area (Å²) in [7, 11) is 1.55. The van der Waals surface area contributed by atoms with Gasteiger partial charge < -0.3 is 4.74 Å². The van der Waals surface area contributed by atoms with Crippen molar-refractivity contribution in [3.63, 3.8) is 0 Å². The number of ether oxygens (including phenoxy) is 1. The molecule has 0 aromatic heterocycles. The Morgan fingerprint density at radius 2 is 1.89 bits per heavy atom. The van der Waals surface area contributed by atoms with Gasteiger partial charge in [0.25, 0.3) is 5.69 Å². The number of hydrogen-bond donors (Lipinski definition) is 0. The van der Waals surface area contributed by atoms with E-state index in [-0.39, 0.29) is 10.5 Å². The van der Waals surface area contributed by atoms with Gasteiger partial charge in [-0.15, -0.1) is 0 Å². The maximum atomic E-state index is 10.9. The minimum absolute atomic E-state index is 0.0520. The summed E-state index contributed by atoms with van der Waals surface area (Å²) in [5, 5.41) is 10.9. The minimum Gasteiger partial charge on any atom is -0.496 e. The Kier molecular flexibility index (Phi) is 4.16. The van der Waals surface area contributed by atoms with Crippen LogP contribution in [0.1, 0.15) is 16.0 Å². The Labute approximate surface area is 119 Å². The molecule has 98 valence electrons. The van der Waals surface area contributed by atoms with Gasteiger partial charge in [0.2, 0.25) is 0 Å². The number of nitro groups is 1. The Morgan fingerprint density at radius 1 is 1.21 bits per heavy atom. The highest BCUT2D eigenvalue weighted by Gasteiger charge is 2.18. The first-order chi connectivity index (χ1) is 9.13. The van der Waals surface area contributed by atoms with Crippen molar-refractivity contribution in [1.82, 2.24) is 0 Å². The fraction of sp³-hybridized carbons (Fsp3) is 0.143. The number of non-ortho nitro benzene ring substituents is 1. The lowest BCUT2D eigenvalue weighted by Crippen LogP contribution is -1.99. The van der Waals surface area contributed by atoms with Crippen LogP contribution in [0.5, 0.6) is 5.75 Å². The number of methoxy groups -OCH3 is 1. The normalized spacial score (nSPS) is 11.9. The molecular formula is C14H12BrNO3. The summed E-state index contributed by atoms with van der Waals surface area (Å²) in [4.78, 5) is 10.3. The van der Waals surface area contributed by atoms with Crippen molar-refractivity contribution in [1.29, 1.82) is 0 Å². The van der Waals surface area contributed by atoms with E-state index in [1.54, 1.807) is 13.2 Å². The van der Waals surface area contributed by atoms with E-state index in [2.05, 4.69) is 15.9 Å². The highest BCUT2D eigenvalue weighted by Crippen LogP contribution is 2.38. The number of halogens is 1. The summed E-state index contributed by atoms with van der Waals surface area (Å²) in [5.74, 6) is 0.622. The number of rotatable bonds is 4. The predicted octanol–water partition coefficient (Wildman–Crippen LogP) is 4.09. The molecule has 5 heteroatoms. The van der Waals surface area contributed by atoms with Crippen LogP contribution in [0.3, 0.4) is 0 Å². The molecule has 0 bridgehead atoms. The summed E-state index contributed by atoms with van der Waals surface area (Å²) in [6.45, 7) is 0. The van der Waals surface area contributed by atoms with Crippen LogP contribution in [0, 0.1) is 10.1 Å². The maximum absolute atomic E-state index is 10.9. The molecule has 0 fully saturated rings. The second kappa shape index (κ2) is 5.84. The van der Waals surface area contributed by atoms with Crippen LogP contribution in [0.15, 0.2) is 48.5 Å². The molecule has 0 aliphatic heterocycles. The van der Waals surface area contributed by atoms with E-state index < -0.39 is 4.92 Å². The molecule has 0 saturated carbocycles. The number of nitro benzene ring substituents is 1. The molecule has 19 heavy (non-hydrogen) atoms. The third-order valence-electron chi connectivity index (χ3n) is 2.79. The van der Waals surface area contributed by atoms with Crippen LogP contribution < -0.4 is 4.74 Å². The smallest absolute Gasteiger partial charge is 0.270 e. The van der Waals surface area contributed by atoms with Gasteiger partial charge in [-0.3, -0.25) is 10.1 Å². The van der Waals surface area contributed by atoms with Crippen molar-refractivity contribution >= 4 is 21.6 Å². The summed E-state index contributed by atoms with van der Waals surface area (Å²) in [6, 6.07) is 14.3. The number of alkyl halides is 1. The second-order valence-electron chi connectivity index (χ2n) is 3.96. The molecule has 2 aromatic carbocycles. The van der Waals surface area contributed by atoms with Gasteiger partial charge in [0.1, 0.15) is 5.75 Å². The van der Waals surface area contributed by atoms with E-state index >= 15 is 0 Å². The van der Waals surface area contributed by atoms with Crippen molar-refractivity contribution in [2.24, 2.45) is 0 Å². The molecule has 0 spiro atoms. The quantitative estimate of drug-likeness (QED) is 0.484. The van der Waals surface area contributed by atoms with Gasteiger partial charge in [-0.05, 0) is 11.6 Å². The average molecular weight is 322 g/mol. The zero-order valence-corrected chi connectivity index (χ0v) is 11.8. The predicted molar refractivity (Wildman–Crippen MR) is 76.9 cm³/mol. The fourth-order valence-corrected chi connectivity index (χ4v) is 2.50. The van der Waals surface area contributed by atoms with Crippen molar-refractivity contribution in [2.75, 3.05) is 7.11 Å². The lowest BCUT2D eigenvalue weighted by molar-refractivity contribution is -0.384. The van der Waals surface area contributed by atoms with Crippen LogP contribution in [0.2, 0.25) is 0 Å². The molecule has 4 nitrogen and oxygen atoms in total. The molecule has 0 amide bonds. The number of hydrogen-bond acceptors (Lipinski definition) is 3. The standard InChI is InChI=1S/C14H12BrNO3/c1-19-13-8-7-11(16(17)18)9-12(13)14(15)10-5-3-2-4-6-10/h2-9,14H,1H3. The van der Waals surface area contributed by atoms with Crippen LogP contribution in [0.25, 0.3) is 0 Å². The summed E-state index contributed by atoms with van der Waals surface area (Å²) in [6.07, 6.45) is 0. The third kappa shape index (κ3) is 2.93.